The smallest absolute Gasteiger partial charge is 0.221 e. The number of nitrogens with zero attached hydrogens (tertiary/aromatic N) is 1. The minimum absolute atomic E-state index is 0.122. The zero-order valence-electron chi connectivity index (χ0n) is 7.21. The molecular formula is C8H12N4O. The van der Waals surface area contributed by atoms with Crippen molar-refractivity contribution in [3.8, 4) is 0 Å². The summed E-state index contributed by atoms with van der Waals surface area (Å²) >= 11 is 0. The Morgan fingerprint density at radius 2 is 2.62 bits per heavy atom. The summed E-state index contributed by atoms with van der Waals surface area (Å²) in [4.78, 5) is 17.9. The maximum atomic E-state index is 10.8. The van der Waals surface area contributed by atoms with Crippen molar-refractivity contribution >= 4 is 5.91 Å². The van der Waals surface area contributed by atoms with Crippen LogP contribution in [0.25, 0.3) is 0 Å². The minimum Gasteiger partial charge on any atom is -0.354 e. The lowest BCUT2D eigenvalue weighted by molar-refractivity contribution is -0.119. The lowest BCUT2D eigenvalue weighted by Gasteiger charge is -2.07. The number of rotatable bonds is 3. The van der Waals surface area contributed by atoms with Crippen molar-refractivity contribution < 1.29 is 4.79 Å². The number of hydrogen-bond acceptors (Lipinski definition) is 3. The van der Waals surface area contributed by atoms with Gasteiger partial charge in [0.1, 0.15) is 5.82 Å². The maximum absolute atomic E-state index is 10.8. The molecule has 1 aliphatic heterocycles. The van der Waals surface area contributed by atoms with E-state index in [1.165, 1.54) is 0 Å². The molecule has 0 bridgehead atoms. The SMILES string of the molecule is O=C1CC(NCc2ncc[nH]2)CN1. The molecule has 1 aromatic rings. The fourth-order valence-electron chi connectivity index (χ4n) is 1.39. The fourth-order valence-corrected chi connectivity index (χ4v) is 1.39. The number of nitrogens with one attached hydrogen (secondary N) is 3. The van der Waals surface area contributed by atoms with Crippen LogP contribution in [0.5, 0.6) is 0 Å². The predicted octanol–water partition coefficient (Wildman–Crippen LogP) is -0.612. The van der Waals surface area contributed by atoms with Crippen LogP contribution in [0.2, 0.25) is 0 Å². The Labute approximate surface area is 75.9 Å². The standard InChI is InChI=1S/C8H12N4O/c13-8-3-6(4-12-8)11-5-7-9-1-2-10-7/h1-2,6,11H,3-5H2,(H,9,10)(H,12,13). The first kappa shape index (κ1) is 8.25. The molecule has 1 unspecified atom stereocenters. The van der Waals surface area contributed by atoms with Crippen molar-refractivity contribution in [3.05, 3.63) is 18.2 Å². The molecule has 5 nitrogen and oxygen atoms in total. The van der Waals surface area contributed by atoms with E-state index in [0.717, 1.165) is 12.4 Å². The third kappa shape index (κ3) is 2.06. The first-order valence-electron chi connectivity index (χ1n) is 4.33. The molecule has 0 aromatic carbocycles. The van der Waals surface area contributed by atoms with Gasteiger partial charge in [0.05, 0.1) is 6.54 Å². The summed E-state index contributed by atoms with van der Waals surface area (Å²) in [5, 5.41) is 6.00. The average Bonchev–Trinajstić information content (AvgIpc) is 2.71. The summed E-state index contributed by atoms with van der Waals surface area (Å²) in [6.45, 7) is 1.41. The van der Waals surface area contributed by atoms with Gasteiger partial charge in [-0.3, -0.25) is 4.79 Å². The third-order valence-corrected chi connectivity index (χ3v) is 2.09. The van der Waals surface area contributed by atoms with Gasteiger partial charge < -0.3 is 15.6 Å². The normalized spacial score (nSPS) is 21.8. The first-order chi connectivity index (χ1) is 6.34. The molecule has 2 heterocycles. The van der Waals surface area contributed by atoms with Crippen molar-refractivity contribution in [2.24, 2.45) is 0 Å². The van der Waals surface area contributed by atoms with Gasteiger partial charge in [-0.25, -0.2) is 4.98 Å². The molecule has 1 saturated heterocycles. The Hall–Kier alpha value is -1.36. The maximum Gasteiger partial charge on any atom is 0.221 e. The van der Waals surface area contributed by atoms with Crippen molar-refractivity contribution in [2.75, 3.05) is 6.54 Å². The molecule has 1 fully saturated rings. The van der Waals surface area contributed by atoms with E-state index in [4.69, 9.17) is 0 Å². The van der Waals surface area contributed by atoms with E-state index in [-0.39, 0.29) is 11.9 Å². The Bertz CT molecular complexity index is 282. The van der Waals surface area contributed by atoms with Gasteiger partial charge in [-0.1, -0.05) is 0 Å². The van der Waals surface area contributed by atoms with Crippen LogP contribution in [0.4, 0.5) is 0 Å². The molecule has 3 N–H and O–H groups in total. The van der Waals surface area contributed by atoms with Crippen LogP contribution in [0, 0.1) is 0 Å². The van der Waals surface area contributed by atoms with Crippen LogP contribution in [0.3, 0.4) is 0 Å². The van der Waals surface area contributed by atoms with E-state index in [1.54, 1.807) is 12.4 Å². The highest BCUT2D eigenvalue weighted by Crippen LogP contribution is 1.99. The van der Waals surface area contributed by atoms with Crippen LogP contribution >= 0.6 is 0 Å². The van der Waals surface area contributed by atoms with Crippen LogP contribution in [0.1, 0.15) is 12.2 Å². The van der Waals surface area contributed by atoms with Crippen LogP contribution in [-0.2, 0) is 11.3 Å². The number of aromatic amines is 1. The van der Waals surface area contributed by atoms with Gasteiger partial charge in [0.15, 0.2) is 0 Å². The number of H-pyrrole nitrogens is 1. The van der Waals surface area contributed by atoms with Gasteiger partial charge in [-0.05, 0) is 0 Å². The summed E-state index contributed by atoms with van der Waals surface area (Å²) < 4.78 is 0. The Kier molecular flexibility index (Phi) is 2.27. The fraction of sp³-hybridized carbons (Fsp3) is 0.500. The number of imidazole rings is 1. The first-order valence-corrected chi connectivity index (χ1v) is 4.33. The summed E-state index contributed by atoms with van der Waals surface area (Å²) in [5.41, 5.74) is 0. The molecular weight excluding hydrogens is 168 g/mol. The molecule has 0 radical (unpaired) electrons. The molecule has 1 aliphatic rings. The van der Waals surface area contributed by atoms with Gasteiger partial charge in [0, 0.05) is 31.4 Å². The van der Waals surface area contributed by atoms with E-state index < -0.39 is 0 Å². The molecule has 1 amide bonds. The minimum atomic E-state index is 0.122. The molecule has 1 aromatic heterocycles. The van der Waals surface area contributed by atoms with Crippen molar-refractivity contribution in [2.45, 2.75) is 19.0 Å². The number of carbonyl (C=O) groups excluding carboxylic acids is 1. The second kappa shape index (κ2) is 3.57. The summed E-state index contributed by atoms with van der Waals surface area (Å²) in [5.74, 6) is 1.02. The second-order valence-electron chi connectivity index (χ2n) is 3.12. The second-order valence-corrected chi connectivity index (χ2v) is 3.12. The zero-order valence-corrected chi connectivity index (χ0v) is 7.21. The van der Waals surface area contributed by atoms with Crippen LogP contribution in [0.15, 0.2) is 12.4 Å². The highest BCUT2D eigenvalue weighted by molar-refractivity contribution is 5.78. The summed E-state index contributed by atoms with van der Waals surface area (Å²) in [6.07, 6.45) is 4.07. The number of aromatic nitrogens is 2. The monoisotopic (exact) mass is 180 g/mol. The molecule has 5 heteroatoms. The van der Waals surface area contributed by atoms with E-state index in [0.29, 0.717) is 13.0 Å². The average molecular weight is 180 g/mol. The van der Waals surface area contributed by atoms with E-state index >= 15 is 0 Å². The lowest BCUT2D eigenvalue weighted by atomic mass is 10.2. The number of carbonyl (C=O) groups is 1. The third-order valence-electron chi connectivity index (χ3n) is 2.09. The zero-order chi connectivity index (χ0) is 9.10. The van der Waals surface area contributed by atoms with Gasteiger partial charge in [0.2, 0.25) is 5.91 Å². The van der Waals surface area contributed by atoms with Gasteiger partial charge in [-0.2, -0.15) is 0 Å². The van der Waals surface area contributed by atoms with Crippen LogP contribution < -0.4 is 10.6 Å². The highest BCUT2D eigenvalue weighted by Gasteiger charge is 2.20. The van der Waals surface area contributed by atoms with Crippen molar-refractivity contribution in [1.82, 2.24) is 20.6 Å². The topological polar surface area (TPSA) is 69.8 Å². The highest BCUT2D eigenvalue weighted by atomic mass is 16.1. The van der Waals surface area contributed by atoms with E-state index in [2.05, 4.69) is 20.6 Å². The van der Waals surface area contributed by atoms with Crippen molar-refractivity contribution in [3.63, 3.8) is 0 Å². The van der Waals surface area contributed by atoms with Crippen molar-refractivity contribution in [1.29, 1.82) is 0 Å². The number of hydrogen-bond donors (Lipinski definition) is 3. The quantitative estimate of drug-likeness (QED) is 0.581. The summed E-state index contributed by atoms with van der Waals surface area (Å²) in [7, 11) is 0. The number of amides is 1. The molecule has 0 aliphatic carbocycles. The van der Waals surface area contributed by atoms with E-state index in [1.807, 2.05) is 0 Å². The molecule has 13 heavy (non-hydrogen) atoms. The Balaban J connectivity index is 1.77. The van der Waals surface area contributed by atoms with Gasteiger partial charge in [-0.15, -0.1) is 0 Å². The molecule has 0 saturated carbocycles. The Morgan fingerprint density at radius 1 is 1.69 bits per heavy atom. The molecule has 0 spiro atoms. The molecule has 2 rings (SSSR count). The van der Waals surface area contributed by atoms with Gasteiger partial charge >= 0.3 is 0 Å². The largest absolute Gasteiger partial charge is 0.354 e. The predicted molar refractivity (Wildman–Crippen MR) is 46.8 cm³/mol. The molecule has 1 atom stereocenters. The van der Waals surface area contributed by atoms with Gasteiger partial charge in [0.25, 0.3) is 0 Å². The molecule has 70 valence electrons. The lowest BCUT2D eigenvalue weighted by Crippen LogP contribution is -2.30. The van der Waals surface area contributed by atoms with Crippen LogP contribution in [-0.4, -0.2) is 28.5 Å². The summed E-state index contributed by atoms with van der Waals surface area (Å²) in [6, 6.07) is 0.248. The Morgan fingerprint density at radius 3 is 3.23 bits per heavy atom. The van der Waals surface area contributed by atoms with E-state index in [9.17, 15) is 4.79 Å².